The van der Waals surface area contributed by atoms with Crippen molar-refractivity contribution in [3.8, 4) is 0 Å². The lowest BCUT2D eigenvalue weighted by Crippen LogP contribution is -2.05. The van der Waals surface area contributed by atoms with E-state index >= 15 is 0 Å². The van der Waals surface area contributed by atoms with E-state index in [1.54, 1.807) is 0 Å². The van der Waals surface area contributed by atoms with Crippen LogP contribution in [0.25, 0.3) is 0 Å². The zero-order chi connectivity index (χ0) is 7.72. The highest BCUT2D eigenvalue weighted by molar-refractivity contribution is 14.1. The molecule has 0 saturated carbocycles. The third-order valence-electron chi connectivity index (χ3n) is 1.28. The van der Waals surface area contributed by atoms with Crippen LogP contribution in [0.1, 0.15) is 5.56 Å². The van der Waals surface area contributed by atoms with Crippen LogP contribution in [-0.2, 0) is 0 Å². The predicted molar refractivity (Wildman–Crippen MR) is 57.0 cm³/mol. The Morgan fingerprint density at radius 3 is 2.60 bits per heavy atom. The van der Waals surface area contributed by atoms with E-state index in [4.69, 9.17) is 7.85 Å². The molecule has 0 aliphatic carbocycles. The molecule has 10 heavy (non-hydrogen) atoms. The van der Waals surface area contributed by atoms with Gasteiger partial charge in [-0.2, -0.15) is 0 Å². The Balaban J connectivity index is 3.28. The Morgan fingerprint density at radius 1 is 1.50 bits per heavy atom. The van der Waals surface area contributed by atoms with E-state index in [-0.39, 0.29) is 0 Å². The van der Waals surface area contributed by atoms with Crippen LogP contribution in [-0.4, -0.2) is 7.85 Å². The third-order valence-corrected chi connectivity index (χ3v) is 3.13. The van der Waals surface area contributed by atoms with Crippen molar-refractivity contribution in [2.24, 2.45) is 0 Å². The topological polar surface area (TPSA) is 0 Å². The standard InChI is InChI=1S/C7H5BBrI/c1-4-2-6(9)5(8)3-7(4)10/h2-3H,1H3. The summed E-state index contributed by atoms with van der Waals surface area (Å²) in [6.45, 7) is 2.06. The Bertz CT molecular complexity index is 210. The second-order valence-electron chi connectivity index (χ2n) is 2.12. The van der Waals surface area contributed by atoms with E-state index < -0.39 is 0 Å². The number of hydrogen-bond donors (Lipinski definition) is 0. The van der Waals surface area contributed by atoms with E-state index in [0.29, 0.717) is 0 Å². The molecule has 3 heteroatoms. The monoisotopic (exact) mass is 306 g/mol. The highest BCUT2D eigenvalue weighted by Crippen LogP contribution is 2.14. The van der Waals surface area contributed by atoms with Gasteiger partial charge in [0.1, 0.15) is 7.85 Å². The van der Waals surface area contributed by atoms with Crippen LogP contribution in [0.2, 0.25) is 0 Å². The molecule has 0 heterocycles. The van der Waals surface area contributed by atoms with Gasteiger partial charge >= 0.3 is 0 Å². The molecule has 1 aromatic rings. The van der Waals surface area contributed by atoms with E-state index in [9.17, 15) is 0 Å². The van der Waals surface area contributed by atoms with E-state index in [2.05, 4.69) is 45.4 Å². The van der Waals surface area contributed by atoms with Crippen LogP contribution in [0.5, 0.6) is 0 Å². The molecule has 0 aliphatic rings. The van der Waals surface area contributed by atoms with Gasteiger partial charge in [0.25, 0.3) is 0 Å². The second kappa shape index (κ2) is 3.26. The van der Waals surface area contributed by atoms with Crippen molar-refractivity contribution in [2.45, 2.75) is 6.92 Å². The van der Waals surface area contributed by atoms with Gasteiger partial charge in [-0.05, 0) is 41.1 Å². The van der Waals surface area contributed by atoms with Crippen LogP contribution < -0.4 is 5.46 Å². The minimum atomic E-state index is 0.801. The Labute approximate surface area is 84.1 Å². The summed E-state index contributed by atoms with van der Waals surface area (Å²) < 4.78 is 2.18. The molecule has 1 rings (SSSR count). The SMILES string of the molecule is [B]c1cc(I)c(C)cc1Br. The van der Waals surface area contributed by atoms with Crippen LogP contribution in [0.15, 0.2) is 16.6 Å². The van der Waals surface area contributed by atoms with Gasteiger partial charge in [-0.3, -0.25) is 0 Å². The Hall–Kier alpha value is 0.495. The van der Waals surface area contributed by atoms with Crippen molar-refractivity contribution in [3.63, 3.8) is 0 Å². The van der Waals surface area contributed by atoms with Gasteiger partial charge in [0.15, 0.2) is 0 Å². The fourth-order valence-electron chi connectivity index (χ4n) is 0.662. The summed E-state index contributed by atoms with van der Waals surface area (Å²) in [7, 11) is 5.64. The lowest BCUT2D eigenvalue weighted by molar-refractivity contribution is 1.43. The van der Waals surface area contributed by atoms with Gasteiger partial charge in [0.2, 0.25) is 0 Å². The first-order chi connectivity index (χ1) is 4.61. The molecule has 0 unspecified atom stereocenters. The summed E-state index contributed by atoms with van der Waals surface area (Å²) in [4.78, 5) is 0. The summed E-state index contributed by atoms with van der Waals surface area (Å²) in [5, 5.41) is 0. The zero-order valence-electron chi connectivity index (χ0n) is 5.49. The summed E-state index contributed by atoms with van der Waals surface area (Å²) >= 11 is 5.62. The van der Waals surface area contributed by atoms with E-state index in [1.807, 2.05) is 12.1 Å². The van der Waals surface area contributed by atoms with E-state index in [1.165, 1.54) is 9.13 Å². The number of hydrogen-bond acceptors (Lipinski definition) is 0. The van der Waals surface area contributed by atoms with Crippen molar-refractivity contribution in [1.82, 2.24) is 0 Å². The van der Waals surface area contributed by atoms with Gasteiger partial charge in [-0.15, -0.1) is 0 Å². The zero-order valence-corrected chi connectivity index (χ0v) is 9.23. The third kappa shape index (κ3) is 1.75. The number of rotatable bonds is 0. The van der Waals surface area contributed by atoms with Crippen molar-refractivity contribution < 1.29 is 0 Å². The largest absolute Gasteiger partial charge is 0.115 e. The van der Waals surface area contributed by atoms with Crippen molar-refractivity contribution in [3.05, 3.63) is 25.7 Å². The minimum absolute atomic E-state index is 0.801. The van der Waals surface area contributed by atoms with Crippen LogP contribution in [0, 0.1) is 10.5 Å². The van der Waals surface area contributed by atoms with Crippen molar-refractivity contribution in [1.29, 1.82) is 0 Å². The average molecular weight is 307 g/mol. The molecule has 0 fully saturated rings. The van der Waals surface area contributed by atoms with Crippen LogP contribution in [0.3, 0.4) is 0 Å². The maximum atomic E-state index is 5.64. The van der Waals surface area contributed by atoms with Crippen LogP contribution >= 0.6 is 38.5 Å². The number of halogens is 2. The lowest BCUT2D eigenvalue weighted by atomic mass is 9.96. The normalized spacial score (nSPS) is 9.90. The fraction of sp³-hybridized carbons (Fsp3) is 0.143. The van der Waals surface area contributed by atoms with Gasteiger partial charge in [-0.25, -0.2) is 0 Å². The Kier molecular flexibility index (Phi) is 2.80. The van der Waals surface area contributed by atoms with E-state index in [0.717, 1.165) is 9.94 Å². The smallest absolute Gasteiger partial charge is 0.0817 e. The molecule has 0 aliphatic heterocycles. The first kappa shape index (κ1) is 8.59. The molecule has 0 nitrogen and oxygen atoms in total. The summed E-state index contributed by atoms with van der Waals surface area (Å²) in [5.41, 5.74) is 2.05. The molecule has 0 bridgehead atoms. The Morgan fingerprint density at radius 2 is 2.10 bits per heavy atom. The highest BCUT2D eigenvalue weighted by atomic mass is 127. The van der Waals surface area contributed by atoms with Gasteiger partial charge < -0.3 is 0 Å². The molecule has 0 amide bonds. The number of aryl methyl sites for hydroxylation is 1. The highest BCUT2D eigenvalue weighted by Gasteiger charge is 1.97. The molecule has 0 saturated heterocycles. The molecule has 2 radical (unpaired) electrons. The lowest BCUT2D eigenvalue weighted by Gasteiger charge is -2.01. The molecule has 0 spiro atoms. The van der Waals surface area contributed by atoms with Crippen molar-refractivity contribution in [2.75, 3.05) is 0 Å². The molecule has 0 aromatic heterocycles. The first-order valence-electron chi connectivity index (χ1n) is 2.82. The summed E-state index contributed by atoms with van der Waals surface area (Å²) in [6.07, 6.45) is 0. The summed E-state index contributed by atoms with van der Waals surface area (Å²) in [6, 6.07) is 3.98. The average Bonchev–Trinajstić information content (AvgIpc) is 1.84. The van der Waals surface area contributed by atoms with Gasteiger partial charge in [0.05, 0.1) is 0 Å². The summed E-state index contributed by atoms with van der Waals surface area (Å²) in [5.74, 6) is 0. The molecule has 1 aromatic carbocycles. The second-order valence-corrected chi connectivity index (χ2v) is 4.14. The molecule has 50 valence electrons. The fourth-order valence-corrected chi connectivity index (χ4v) is 1.61. The molecule has 0 N–H and O–H groups in total. The minimum Gasteiger partial charge on any atom is -0.0817 e. The van der Waals surface area contributed by atoms with Crippen LogP contribution in [0.4, 0.5) is 0 Å². The first-order valence-corrected chi connectivity index (χ1v) is 4.69. The van der Waals surface area contributed by atoms with Crippen molar-refractivity contribution >= 4 is 51.8 Å². The maximum Gasteiger partial charge on any atom is 0.115 e. The number of benzene rings is 1. The molecular formula is C7H5BBrI. The molecular weight excluding hydrogens is 302 g/mol. The maximum absolute atomic E-state index is 5.64. The quantitative estimate of drug-likeness (QED) is 0.509. The molecule has 0 atom stereocenters. The van der Waals surface area contributed by atoms with Gasteiger partial charge in [0, 0.05) is 8.04 Å². The van der Waals surface area contributed by atoms with Gasteiger partial charge in [-0.1, -0.05) is 27.5 Å². The predicted octanol–water partition coefficient (Wildman–Crippen LogP) is 2.16.